The summed E-state index contributed by atoms with van der Waals surface area (Å²) in [6.07, 6.45) is 0. The number of benzene rings is 1. The van der Waals surface area contributed by atoms with E-state index in [1.807, 2.05) is 20.8 Å². The number of nitrogens with one attached hydrogen (secondary N) is 1. The summed E-state index contributed by atoms with van der Waals surface area (Å²) in [5, 5.41) is 16.4. The number of carboxylic acids is 1. The van der Waals surface area contributed by atoms with Crippen molar-refractivity contribution in [2.24, 2.45) is 5.92 Å². The van der Waals surface area contributed by atoms with Gasteiger partial charge in [0.25, 0.3) is 5.56 Å². The first-order valence-corrected chi connectivity index (χ1v) is 7.33. The zero-order chi connectivity index (χ0) is 17.1. The van der Waals surface area contributed by atoms with Gasteiger partial charge in [-0.3, -0.25) is 9.59 Å². The molecule has 0 bridgehead atoms. The van der Waals surface area contributed by atoms with Gasteiger partial charge in [0.2, 0.25) is 5.91 Å². The lowest BCUT2D eigenvalue weighted by molar-refractivity contribution is -0.122. The minimum atomic E-state index is -1.24. The van der Waals surface area contributed by atoms with Crippen molar-refractivity contribution in [3.63, 3.8) is 0 Å². The number of carbonyl (C=O) groups excluding carboxylic acids is 1. The van der Waals surface area contributed by atoms with Crippen molar-refractivity contribution in [2.75, 3.05) is 0 Å². The van der Waals surface area contributed by atoms with Crippen LogP contribution in [-0.2, 0) is 11.3 Å². The fraction of sp³-hybridized carbons (Fsp3) is 0.375. The maximum atomic E-state index is 12.4. The molecule has 23 heavy (non-hydrogen) atoms. The number of aromatic nitrogens is 2. The highest BCUT2D eigenvalue weighted by molar-refractivity contribution is 6.01. The van der Waals surface area contributed by atoms with E-state index in [9.17, 15) is 19.5 Å². The van der Waals surface area contributed by atoms with Crippen molar-refractivity contribution >= 4 is 22.6 Å². The Bertz CT molecular complexity index is 811. The van der Waals surface area contributed by atoms with Gasteiger partial charge in [-0.2, -0.15) is 5.10 Å². The lowest BCUT2D eigenvalue weighted by Crippen LogP contribution is -2.40. The minimum Gasteiger partial charge on any atom is -0.476 e. The van der Waals surface area contributed by atoms with Crippen LogP contribution in [0.2, 0.25) is 0 Å². The number of hydrogen-bond acceptors (Lipinski definition) is 4. The zero-order valence-electron chi connectivity index (χ0n) is 13.2. The third-order valence-corrected chi connectivity index (χ3v) is 3.75. The molecule has 1 amide bonds. The molecule has 7 heteroatoms. The van der Waals surface area contributed by atoms with Crippen LogP contribution in [0.1, 0.15) is 31.3 Å². The Kier molecular flexibility index (Phi) is 4.78. The second kappa shape index (κ2) is 6.60. The normalized spacial score (nSPS) is 12.3. The molecule has 0 fully saturated rings. The summed E-state index contributed by atoms with van der Waals surface area (Å²) in [7, 11) is 0. The summed E-state index contributed by atoms with van der Waals surface area (Å²) < 4.78 is 0.897. The number of amides is 1. The minimum absolute atomic E-state index is 0.0578. The van der Waals surface area contributed by atoms with Gasteiger partial charge in [0.1, 0.15) is 6.54 Å². The van der Waals surface area contributed by atoms with Crippen molar-refractivity contribution in [1.29, 1.82) is 0 Å². The molecule has 122 valence electrons. The number of nitrogens with zero attached hydrogens (tertiary/aromatic N) is 2. The molecule has 0 aliphatic rings. The Morgan fingerprint density at radius 2 is 1.83 bits per heavy atom. The topological polar surface area (TPSA) is 101 Å². The predicted molar refractivity (Wildman–Crippen MR) is 85.4 cm³/mol. The molecule has 0 aliphatic carbocycles. The van der Waals surface area contributed by atoms with E-state index in [0.29, 0.717) is 0 Å². The summed E-state index contributed by atoms with van der Waals surface area (Å²) in [5.74, 6) is -1.38. The Morgan fingerprint density at radius 1 is 1.22 bits per heavy atom. The van der Waals surface area contributed by atoms with Gasteiger partial charge in [-0.15, -0.1) is 0 Å². The van der Waals surface area contributed by atoms with Crippen LogP contribution in [0.15, 0.2) is 29.1 Å². The molecule has 7 nitrogen and oxygen atoms in total. The zero-order valence-corrected chi connectivity index (χ0v) is 13.2. The lowest BCUT2D eigenvalue weighted by atomic mass is 10.1. The highest BCUT2D eigenvalue weighted by Gasteiger charge is 2.18. The second-order valence-corrected chi connectivity index (χ2v) is 5.76. The van der Waals surface area contributed by atoms with Crippen LogP contribution in [-0.4, -0.2) is 32.8 Å². The molecule has 0 radical (unpaired) electrons. The molecule has 1 aromatic carbocycles. The van der Waals surface area contributed by atoms with Gasteiger partial charge in [0.15, 0.2) is 5.69 Å². The maximum Gasteiger partial charge on any atom is 0.357 e. The summed E-state index contributed by atoms with van der Waals surface area (Å²) in [4.78, 5) is 35.8. The van der Waals surface area contributed by atoms with Crippen LogP contribution in [0.25, 0.3) is 10.8 Å². The Morgan fingerprint density at radius 3 is 2.39 bits per heavy atom. The van der Waals surface area contributed by atoms with Crippen LogP contribution in [0, 0.1) is 5.92 Å². The van der Waals surface area contributed by atoms with Crippen molar-refractivity contribution in [1.82, 2.24) is 15.1 Å². The molecule has 1 aromatic heterocycles. The third-order valence-electron chi connectivity index (χ3n) is 3.75. The molecule has 0 saturated carbocycles. The number of rotatable bonds is 5. The Hall–Kier alpha value is -2.70. The number of hydrogen-bond donors (Lipinski definition) is 2. The number of carboxylic acid groups (broad SMARTS) is 1. The molecule has 0 aliphatic heterocycles. The van der Waals surface area contributed by atoms with E-state index in [1.54, 1.807) is 12.1 Å². The lowest BCUT2D eigenvalue weighted by Gasteiger charge is -2.17. The van der Waals surface area contributed by atoms with Gasteiger partial charge < -0.3 is 10.4 Å². The molecule has 2 rings (SSSR count). The molecule has 2 N–H and O–H groups in total. The average Bonchev–Trinajstić information content (AvgIpc) is 2.49. The van der Waals surface area contributed by atoms with Gasteiger partial charge in [-0.1, -0.05) is 32.0 Å². The van der Waals surface area contributed by atoms with E-state index in [0.717, 1.165) is 4.68 Å². The number of fused-ring (bicyclic) bond motifs is 1. The van der Waals surface area contributed by atoms with Crippen molar-refractivity contribution in [3.8, 4) is 0 Å². The first kappa shape index (κ1) is 16.7. The van der Waals surface area contributed by atoms with E-state index >= 15 is 0 Å². The van der Waals surface area contributed by atoms with E-state index in [-0.39, 0.29) is 40.9 Å². The fourth-order valence-electron chi connectivity index (χ4n) is 2.10. The average molecular weight is 317 g/mol. The molecule has 1 heterocycles. The van der Waals surface area contributed by atoms with Gasteiger partial charge in [-0.25, -0.2) is 9.48 Å². The van der Waals surface area contributed by atoms with Crippen LogP contribution in [0.3, 0.4) is 0 Å². The first-order valence-electron chi connectivity index (χ1n) is 7.33. The van der Waals surface area contributed by atoms with E-state index in [1.165, 1.54) is 12.1 Å². The van der Waals surface area contributed by atoms with Gasteiger partial charge in [0.05, 0.1) is 5.39 Å². The van der Waals surface area contributed by atoms with Crippen LogP contribution in [0.5, 0.6) is 0 Å². The van der Waals surface area contributed by atoms with Gasteiger partial charge in [-0.05, 0) is 18.9 Å². The van der Waals surface area contributed by atoms with Crippen LogP contribution >= 0.6 is 0 Å². The maximum absolute atomic E-state index is 12.4. The SMILES string of the molecule is CC(C)[C@H](C)NC(=O)Cn1nc(C(=O)O)c2ccccc2c1=O. The third kappa shape index (κ3) is 3.56. The number of carbonyl (C=O) groups is 2. The summed E-state index contributed by atoms with van der Waals surface area (Å²) >= 11 is 0. The second-order valence-electron chi connectivity index (χ2n) is 5.76. The molecule has 0 spiro atoms. The smallest absolute Gasteiger partial charge is 0.357 e. The summed E-state index contributed by atoms with van der Waals surface area (Å²) in [6, 6.07) is 6.27. The quantitative estimate of drug-likeness (QED) is 0.864. The van der Waals surface area contributed by atoms with E-state index in [2.05, 4.69) is 10.4 Å². The number of aromatic carboxylic acids is 1. The highest BCUT2D eigenvalue weighted by Crippen LogP contribution is 2.13. The van der Waals surface area contributed by atoms with Crippen LogP contribution < -0.4 is 10.9 Å². The highest BCUT2D eigenvalue weighted by atomic mass is 16.4. The van der Waals surface area contributed by atoms with E-state index in [4.69, 9.17) is 0 Å². The largest absolute Gasteiger partial charge is 0.476 e. The standard InChI is InChI=1S/C16H19N3O4/c1-9(2)10(3)17-13(20)8-19-15(21)12-7-5-4-6-11(12)14(18-19)16(22)23/h4-7,9-10H,8H2,1-3H3,(H,17,20)(H,22,23)/t10-/m0/s1. The van der Waals surface area contributed by atoms with Gasteiger partial charge in [0, 0.05) is 11.4 Å². The van der Waals surface area contributed by atoms with Crippen LogP contribution in [0.4, 0.5) is 0 Å². The molecule has 0 saturated heterocycles. The van der Waals surface area contributed by atoms with Crippen molar-refractivity contribution in [2.45, 2.75) is 33.4 Å². The molecule has 1 atom stereocenters. The molecular formula is C16H19N3O4. The summed E-state index contributed by atoms with van der Waals surface area (Å²) in [5.41, 5.74) is -0.733. The Labute approximate surface area is 132 Å². The van der Waals surface area contributed by atoms with Crippen molar-refractivity contribution < 1.29 is 14.7 Å². The monoisotopic (exact) mass is 317 g/mol. The van der Waals surface area contributed by atoms with E-state index < -0.39 is 11.5 Å². The molecular weight excluding hydrogens is 298 g/mol. The molecule has 0 unspecified atom stereocenters. The van der Waals surface area contributed by atoms with Gasteiger partial charge >= 0.3 is 5.97 Å². The fourth-order valence-corrected chi connectivity index (χ4v) is 2.10. The predicted octanol–water partition coefficient (Wildman–Crippen LogP) is 1.26. The van der Waals surface area contributed by atoms with Crippen molar-refractivity contribution in [3.05, 3.63) is 40.3 Å². The Balaban J connectivity index is 2.42. The first-order chi connectivity index (χ1) is 10.8. The molecule has 2 aromatic rings. The summed E-state index contributed by atoms with van der Waals surface area (Å²) in [6.45, 7) is 5.48.